The lowest BCUT2D eigenvalue weighted by Gasteiger charge is -2.30. The van der Waals surface area contributed by atoms with Crippen molar-refractivity contribution >= 4 is 5.97 Å². The fourth-order valence-corrected chi connectivity index (χ4v) is 6.30. The second-order valence-corrected chi connectivity index (χ2v) is 11.8. The molecule has 0 unspecified atom stereocenters. The molecule has 0 aliphatic heterocycles. The van der Waals surface area contributed by atoms with Crippen LogP contribution < -0.4 is 9.47 Å². The molecular weight excluding hydrogens is 491 g/mol. The number of methoxy groups -OCH3 is 2. The van der Waals surface area contributed by atoms with Crippen molar-refractivity contribution in [3.63, 3.8) is 0 Å². The van der Waals surface area contributed by atoms with Crippen LogP contribution in [0.5, 0.6) is 11.5 Å². The number of benzene rings is 3. The van der Waals surface area contributed by atoms with E-state index in [0.29, 0.717) is 36.2 Å². The Hall–Kier alpha value is -3.34. The SMILES string of the molecule is COC(=O)C[C@H](c1cccc(OCc2ccc(-c3cc(OC)ccc3F)c([C@@H]3CCCC3(C)C)c2)c1)C1CC1. The zero-order chi connectivity index (χ0) is 27.6. The van der Waals surface area contributed by atoms with Crippen molar-refractivity contribution in [2.24, 2.45) is 11.3 Å². The van der Waals surface area contributed by atoms with E-state index >= 15 is 4.39 Å². The average molecular weight is 531 g/mol. The van der Waals surface area contributed by atoms with Crippen LogP contribution in [0.4, 0.5) is 4.39 Å². The summed E-state index contributed by atoms with van der Waals surface area (Å²) >= 11 is 0. The quantitative estimate of drug-likeness (QED) is 0.247. The van der Waals surface area contributed by atoms with Crippen molar-refractivity contribution in [2.45, 2.75) is 70.8 Å². The van der Waals surface area contributed by atoms with Gasteiger partial charge in [-0.2, -0.15) is 0 Å². The van der Waals surface area contributed by atoms with Crippen molar-refractivity contribution < 1.29 is 23.4 Å². The molecule has 2 saturated carbocycles. The highest BCUT2D eigenvalue weighted by atomic mass is 19.1. The predicted octanol–water partition coefficient (Wildman–Crippen LogP) is 8.43. The molecule has 0 amide bonds. The van der Waals surface area contributed by atoms with Crippen LogP contribution >= 0.6 is 0 Å². The van der Waals surface area contributed by atoms with Gasteiger partial charge in [-0.1, -0.05) is 50.6 Å². The summed E-state index contributed by atoms with van der Waals surface area (Å²) in [5.41, 5.74) is 4.98. The molecule has 0 spiro atoms. The second-order valence-electron chi connectivity index (χ2n) is 11.8. The molecule has 0 aromatic heterocycles. The first-order chi connectivity index (χ1) is 18.8. The van der Waals surface area contributed by atoms with Gasteiger partial charge in [-0.25, -0.2) is 4.39 Å². The number of esters is 1. The van der Waals surface area contributed by atoms with E-state index in [4.69, 9.17) is 14.2 Å². The number of halogens is 1. The van der Waals surface area contributed by atoms with Gasteiger partial charge in [0.15, 0.2) is 0 Å². The molecule has 2 fully saturated rings. The Labute approximate surface area is 231 Å². The summed E-state index contributed by atoms with van der Waals surface area (Å²) in [5.74, 6) is 2.04. The highest BCUT2D eigenvalue weighted by Crippen LogP contribution is 2.51. The minimum atomic E-state index is -0.245. The molecule has 0 bridgehead atoms. The van der Waals surface area contributed by atoms with Crippen molar-refractivity contribution in [2.75, 3.05) is 14.2 Å². The standard InChI is InChI=1S/C34H39FO4/c1-34(2)16-6-9-31(34)29-17-22(10-14-27(29)30-19-25(37-3)13-15-32(30)35)21-39-26-8-5-7-24(18-26)28(23-11-12-23)20-33(36)38-4/h5,7-8,10,13-15,17-19,23,28,31H,6,9,11-12,16,20-21H2,1-4H3/t28-,31-/m0/s1. The maximum absolute atomic E-state index is 15.1. The third-order valence-electron chi connectivity index (χ3n) is 8.71. The molecule has 5 heteroatoms. The zero-order valence-corrected chi connectivity index (χ0v) is 23.5. The summed E-state index contributed by atoms with van der Waals surface area (Å²) in [6.45, 7) is 5.04. The molecule has 39 heavy (non-hydrogen) atoms. The summed E-state index contributed by atoms with van der Waals surface area (Å²) in [6, 6.07) is 19.3. The van der Waals surface area contributed by atoms with Crippen molar-refractivity contribution in [3.8, 4) is 22.6 Å². The van der Waals surface area contributed by atoms with Crippen LogP contribution in [0.25, 0.3) is 11.1 Å². The molecule has 0 heterocycles. The number of carbonyl (C=O) groups is 1. The highest BCUT2D eigenvalue weighted by molar-refractivity contribution is 5.71. The molecule has 2 aliphatic carbocycles. The fraction of sp³-hybridized carbons (Fsp3) is 0.441. The van der Waals surface area contributed by atoms with Gasteiger partial charge in [-0.15, -0.1) is 0 Å². The molecular formula is C34H39FO4. The average Bonchev–Trinajstić information content (AvgIpc) is 3.72. The van der Waals surface area contributed by atoms with Crippen LogP contribution in [0.2, 0.25) is 0 Å². The van der Waals surface area contributed by atoms with Crippen LogP contribution in [0.3, 0.4) is 0 Å². The lowest BCUT2D eigenvalue weighted by molar-refractivity contribution is -0.141. The first kappa shape index (κ1) is 27.2. The molecule has 0 radical (unpaired) electrons. The lowest BCUT2D eigenvalue weighted by atomic mass is 9.75. The van der Waals surface area contributed by atoms with E-state index in [0.717, 1.165) is 48.1 Å². The van der Waals surface area contributed by atoms with E-state index in [1.165, 1.54) is 25.2 Å². The fourth-order valence-electron chi connectivity index (χ4n) is 6.30. The molecule has 0 N–H and O–H groups in total. The van der Waals surface area contributed by atoms with Gasteiger partial charge in [0.25, 0.3) is 0 Å². The maximum atomic E-state index is 15.1. The minimum Gasteiger partial charge on any atom is -0.497 e. The monoisotopic (exact) mass is 530 g/mol. The summed E-state index contributed by atoms with van der Waals surface area (Å²) in [4.78, 5) is 12.0. The highest BCUT2D eigenvalue weighted by Gasteiger charge is 2.37. The Morgan fingerprint density at radius 1 is 0.974 bits per heavy atom. The van der Waals surface area contributed by atoms with E-state index in [-0.39, 0.29) is 23.1 Å². The predicted molar refractivity (Wildman–Crippen MR) is 152 cm³/mol. The van der Waals surface area contributed by atoms with Gasteiger partial charge in [-0.05, 0) is 101 Å². The Morgan fingerprint density at radius 3 is 2.49 bits per heavy atom. The maximum Gasteiger partial charge on any atom is 0.306 e. The lowest BCUT2D eigenvalue weighted by Crippen LogP contribution is -2.17. The van der Waals surface area contributed by atoms with Gasteiger partial charge in [-0.3, -0.25) is 4.79 Å². The first-order valence-corrected chi connectivity index (χ1v) is 14.1. The second kappa shape index (κ2) is 11.4. The first-order valence-electron chi connectivity index (χ1n) is 14.1. The van der Waals surface area contributed by atoms with Crippen molar-refractivity contribution in [1.82, 2.24) is 0 Å². The van der Waals surface area contributed by atoms with Crippen LogP contribution in [-0.4, -0.2) is 20.2 Å². The molecule has 5 rings (SSSR count). The normalized spacial score (nSPS) is 18.9. The van der Waals surface area contributed by atoms with Gasteiger partial charge in [0.1, 0.15) is 23.9 Å². The van der Waals surface area contributed by atoms with Crippen LogP contribution in [-0.2, 0) is 16.1 Å². The number of hydrogen-bond acceptors (Lipinski definition) is 4. The Balaban J connectivity index is 1.42. The number of rotatable bonds is 10. The molecule has 0 saturated heterocycles. The van der Waals surface area contributed by atoms with E-state index in [2.05, 4.69) is 32.0 Å². The third-order valence-corrected chi connectivity index (χ3v) is 8.71. The van der Waals surface area contributed by atoms with Crippen LogP contribution in [0.1, 0.15) is 80.9 Å². The van der Waals surface area contributed by atoms with Gasteiger partial charge in [0, 0.05) is 5.56 Å². The smallest absolute Gasteiger partial charge is 0.306 e. The summed E-state index contributed by atoms with van der Waals surface area (Å²) in [6.07, 6.45) is 6.09. The summed E-state index contributed by atoms with van der Waals surface area (Å²) in [7, 11) is 3.05. The molecule has 3 aromatic rings. The Kier molecular flexibility index (Phi) is 7.97. The molecule has 4 nitrogen and oxygen atoms in total. The molecule has 3 aromatic carbocycles. The third kappa shape index (κ3) is 6.13. The van der Waals surface area contributed by atoms with Gasteiger partial charge in [0.2, 0.25) is 0 Å². The largest absolute Gasteiger partial charge is 0.497 e. The summed E-state index contributed by atoms with van der Waals surface area (Å²) in [5, 5.41) is 0. The van der Waals surface area contributed by atoms with Gasteiger partial charge < -0.3 is 14.2 Å². The number of hydrogen-bond donors (Lipinski definition) is 0. The minimum absolute atomic E-state index is 0.134. The summed E-state index contributed by atoms with van der Waals surface area (Å²) < 4.78 is 31.7. The van der Waals surface area contributed by atoms with Crippen molar-refractivity contribution in [1.29, 1.82) is 0 Å². The Bertz CT molecular complexity index is 1330. The van der Waals surface area contributed by atoms with Gasteiger partial charge in [0.05, 0.1) is 20.6 Å². The van der Waals surface area contributed by atoms with E-state index in [9.17, 15) is 4.79 Å². The van der Waals surface area contributed by atoms with E-state index in [1.807, 2.05) is 24.3 Å². The molecule has 2 aliphatic rings. The van der Waals surface area contributed by atoms with Gasteiger partial charge >= 0.3 is 5.97 Å². The number of ether oxygens (including phenoxy) is 3. The van der Waals surface area contributed by atoms with Crippen molar-refractivity contribution in [3.05, 3.63) is 83.2 Å². The topological polar surface area (TPSA) is 44.8 Å². The molecule has 206 valence electrons. The number of carbonyl (C=O) groups excluding carboxylic acids is 1. The van der Waals surface area contributed by atoms with E-state index < -0.39 is 0 Å². The Morgan fingerprint density at radius 2 is 1.79 bits per heavy atom. The van der Waals surface area contributed by atoms with Crippen LogP contribution in [0, 0.1) is 17.2 Å². The zero-order valence-electron chi connectivity index (χ0n) is 23.5. The van der Waals surface area contributed by atoms with E-state index in [1.54, 1.807) is 19.2 Å². The molecule has 2 atom stereocenters. The van der Waals surface area contributed by atoms with Crippen LogP contribution in [0.15, 0.2) is 60.7 Å².